The maximum absolute atomic E-state index is 10.7. The average Bonchev–Trinajstić information content (AvgIpc) is 2.38. The summed E-state index contributed by atoms with van der Waals surface area (Å²) in [5.74, 6) is -0.851. The topological polar surface area (TPSA) is 49.3 Å². The molecule has 1 aromatic rings. The molecule has 0 amide bonds. The summed E-state index contributed by atoms with van der Waals surface area (Å²) in [5, 5.41) is 14.5. The van der Waals surface area contributed by atoms with E-state index in [1.807, 2.05) is 17.5 Å². The van der Waals surface area contributed by atoms with Gasteiger partial charge in [-0.3, -0.25) is 0 Å². The lowest BCUT2D eigenvalue weighted by Crippen LogP contribution is -2.39. The van der Waals surface area contributed by atoms with Crippen LogP contribution in [0.1, 0.15) is 13.8 Å². The van der Waals surface area contributed by atoms with Gasteiger partial charge < -0.3 is 10.4 Å². The van der Waals surface area contributed by atoms with Gasteiger partial charge in [0.2, 0.25) is 0 Å². The van der Waals surface area contributed by atoms with E-state index >= 15 is 0 Å². The van der Waals surface area contributed by atoms with Gasteiger partial charge in [0.05, 0.1) is 5.00 Å². The monoisotopic (exact) mass is 185 g/mol. The highest BCUT2D eigenvalue weighted by Crippen LogP contribution is 2.20. The van der Waals surface area contributed by atoms with Crippen molar-refractivity contribution >= 4 is 22.3 Å². The van der Waals surface area contributed by atoms with Crippen LogP contribution in [0.15, 0.2) is 17.5 Å². The maximum Gasteiger partial charge on any atom is 0.328 e. The van der Waals surface area contributed by atoms with Crippen molar-refractivity contribution in [3.05, 3.63) is 17.5 Å². The third-order valence-electron chi connectivity index (χ3n) is 1.49. The summed E-state index contributed by atoms with van der Waals surface area (Å²) in [7, 11) is 0. The third-order valence-corrected chi connectivity index (χ3v) is 2.28. The van der Waals surface area contributed by atoms with Gasteiger partial charge in [-0.2, -0.15) is 0 Å². The molecule has 4 heteroatoms. The van der Waals surface area contributed by atoms with Crippen LogP contribution in [0.25, 0.3) is 0 Å². The van der Waals surface area contributed by atoms with Crippen molar-refractivity contribution < 1.29 is 9.90 Å². The van der Waals surface area contributed by atoms with Gasteiger partial charge in [0.1, 0.15) is 5.54 Å². The first kappa shape index (κ1) is 9.06. The molecule has 0 aliphatic rings. The summed E-state index contributed by atoms with van der Waals surface area (Å²) < 4.78 is 0. The fourth-order valence-corrected chi connectivity index (χ4v) is 1.49. The van der Waals surface area contributed by atoms with Crippen molar-refractivity contribution in [1.82, 2.24) is 0 Å². The summed E-state index contributed by atoms with van der Waals surface area (Å²) in [4.78, 5) is 10.7. The Bertz CT molecular complexity index is 267. The number of carboxylic acids is 1. The number of aliphatic carboxylic acids is 1. The minimum absolute atomic E-state index is 0.851. The van der Waals surface area contributed by atoms with E-state index in [4.69, 9.17) is 5.11 Å². The predicted octanol–water partition coefficient (Wildman–Crippen LogP) is 2.02. The zero-order valence-electron chi connectivity index (χ0n) is 7.00. The van der Waals surface area contributed by atoms with E-state index in [1.54, 1.807) is 13.8 Å². The molecule has 0 saturated carbocycles. The minimum Gasteiger partial charge on any atom is -0.480 e. The number of anilines is 1. The lowest BCUT2D eigenvalue weighted by Gasteiger charge is -2.20. The number of hydrogen-bond acceptors (Lipinski definition) is 3. The van der Waals surface area contributed by atoms with Crippen LogP contribution in [-0.2, 0) is 4.79 Å². The molecule has 0 radical (unpaired) electrons. The highest BCUT2D eigenvalue weighted by atomic mass is 32.1. The Hall–Kier alpha value is -1.03. The van der Waals surface area contributed by atoms with Gasteiger partial charge in [-0.25, -0.2) is 4.79 Å². The zero-order chi connectivity index (χ0) is 9.19. The summed E-state index contributed by atoms with van der Waals surface area (Å²) >= 11 is 1.49. The Morgan fingerprint density at radius 3 is 2.75 bits per heavy atom. The number of thiophene rings is 1. The fraction of sp³-hybridized carbons (Fsp3) is 0.375. The second-order valence-electron chi connectivity index (χ2n) is 3.03. The van der Waals surface area contributed by atoms with Crippen LogP contribution >= 0.6 is 11.3 Å². The average molecular weight is 185 g/mol. The van der Waals surface area contributed by atoms with Crippen LogP contribution < -0.4 is 5.32 Å². The smallest absolute Gasteiger partial charge is 0.328 e. The van der Waals surface area contributed by atoms with Crippen molar-refractivity contribution in [2.45, 2.75) is 19.4 Å². The summed E-state index contributed by atoms with van der Waals surface area (Å²) in [6, 6.07) is 3.74. The molecule has 0 aliphatic carbocycles. The normalized spacial score (nSPS) is 11.2. The first-order chi connectivity index (χ1) is 5.52. The van der Waals surface area contributed by atoms with E-state index < -0.39 is 11.5 Å². The Labute approximate surface area is 75.0 Å². The Morgan fingerprint density at radius 1 is 1.67 bits per heavy atom. The molecule has 3 nitrogen and oxygen atoms in total. The van der Waals surface area contributed by atoms with Crippen molar-refractivity contribution in [3.63, 3.8) is 0 Å². The van der Waals surface area contributed by atoms with Crippen LogP contribution in [0.2, 0.25) is 0 Å². The second kappa shape index (κ2) is 3.15. The second-order valence-corrected chi connectivity index (χ2v) is 3.98. The molecule has 66 valence electrons. The van der Waals surface area contributed by atoms with E-state index in [0.29, 0.717) is 0 Å². The van der Waals surface area contributed by atoms with Crippen LogP contribution in [0.5, 0.6) is 0 Å². The van der Waals surface area contributed by atoms with Gasteiger partial charge in [0.25, 0.3) is 0 Å². The van der Waals surface area contributed by atoms with Crippen molar-refractivity contribution in [1.29, 1.82) is 0 Å². The lowest BCUT2D eigenvalue weighted by molar-refractivity contribution is -0.141. The molecule has 0 saturated heterocycles. The molecule has 0 spiro atoms. The van der Waals surface area contributed by atoms with Gasteiger partial charge in [-0.05, 0) is 31.4 Å². The Balaban J connectivity index is 2.69. The highest BCUT2D eigenvalue weighted by Gasteiger charge is 2.26. The maximum atomic E-state index is 10.7. The molecule has 0 bridgehead atoms. The molecule has 0 atom stereocenters. The number of hydrogen-bond donors (Lipinski definition) is 2. The molecule has 1 rings (SSSR count). The highest BCUT2D eigenvalue weighted by molar-refractivity contribution is 7.14. The Kier molecular flexibility index (Phi) is 2.38. The first-order valence-electron chi connectivity index (χ1n) is 3.57. The van der Waals surface area contributed by atoms with Crippen LogP contribution in [0, 0.1) is 0 Å². The van der Waals surface area contributed by atoms with Gasteiger partial charge in [-0.1, -0.05) is 0 Å². The molecule has 0 aromatic carbocycles. The van der Waals surface area contributed by atoms with E-state index in [9.17, 15) is 4.79 Å². The molecule has 0 aliphatic heterocycles. The lowest BCUT2D eigenvalue weighted by atomic mass is 10.1. The van der Waals surface area contributed by atoms with Gasteiger partial charge in [0, 0.05) is 0 Å². The van der Waals surface area contributed by atoms with Crippen molar-refractivity contribution in [2.24, 2.45) is 0 Å². The molecule has 1 heterocycles. The summed E-state index contributed by atoms with van der Waals surface area (Å²) in [5.41, 5.74) is -0.898. The van der Waals surface area contributed by atoms with Crippen LogP contribution in [0.3, 0.4) is 0 Å². The summed E-state index contributed by atoms with van der Waals surface area (Å²) in [6.07, 6.45) is 0. The summed E-state index contributed by atoms with van der Waals surface area (Å²) in [6.45, 7) is 3.27. The fourth-order valence-electron chi connectivity index (χ4n) is 0.711. The molecular weight excluding hydrogens is 174 g/mol. The van der Waals surface area contributed by atoms with E-state index in [2.05, 4.69) is 5.32 Å². The van der Waals surface area contributed by atoms with Gasteiger partial charge >= 0.3 is 5.97 Å². The first-order valence-corrected chi connectivity index (χ1v) is 4.45. The standard InChI is InChI=1S/C8H11NO2S/c1-8(2,7(10)11)9-6-4-3-5-12-6/h3-5,9H,1-2H3,(H,10,11). The molecule has 12 heavy (non-hydrogen) atoms. The molecule has 0 unspecified atom stereocenters. The van der Waals surface area contributed by atoms with Crippen molar-refractivity contribution in [2.75, 3.05) is 5.32 Å². The van der Waals surface area contributed by atoms with Gasteiger partial charge in [-0.15, -0.1) is 11.3 Å². The predicted molar refractivity (Wildman–Crippen MR) is 49.7 cm³/mol. The quantitative estimate of drug-likeness (QED) is 0.757. The third kappa shape index (κ3) is 1.98. The van der Waals surface area contributed by atoms with Gasteiger partial charge in [0.15, 0.2) is 0 Å². The van der Waals surface area contributed by atoms with Crippen LogP contribution in [0.4, 0.5) is 5.00 Å². The van der Waals surface area contributed by atoms with E-state index in [0.717, 1.165) is 5.00 Å². The zero-order valence-corrected chi connectivity index (χ0v) is 7.81. The SMILES string of the molecule is CC(C)(Nc1cccs1)C(=O)O. The number of nitrogens with one attached hydrogen (secondary N) is 1. The van der Waals surface area contributed by atoms with E-state index in [-0.39, 0.29) is 0 Å². The van der Waals surface area contributed by atoms with Crippen LogP contribution in [-0.4, -0.2) is 16.6 Å². The minimum atomic E-state index is -0.898. The Morgan fingerprint density at radius 2 is 2.33 bits per heavy atom. The molecule has 1 aromatic heterocycles. The molecular formula is C8H11NO2S. The largest absolute Gasteiger partial charge is 0.480 e. The van der Waals surface area contributed by atoms with Crippen molar-refractivity contribution in [3.8, 4) is 0 Å². The number of carboxylic acid groups (broad SMARTS) is 1. The number of rotatable bonds is 3. The molecule has 2 N–H and O–H groups in total. The van der Waals surface area contributed by atoms with E-state index in [1.165, 1.54) is 11.3 Å². The molecule has 0 fully saturated rings. The number of carbonyl (C=O) groups is 1.